The third-order valence-corrected chi connectivity index (χ3v) is 12.2. The van der Waals surface area contributed by atoms with E-state index in [1.54, 1.807) is 0 Å². The van der Waals surface area contributed by atoms with Crippen LogP contribution in [0.5, 0.6) is 0 Å². The number of rotatable bonds is 6. The summed E-state index contributed by atoms with van der Waals surface area (Å²) in [5.74, 6) is 0. The second kappa shape index (κ2) is 12.9. The molecule has 0 saturated heterocycles. The Hall–Kier alpha value is -6.94. The van der Waals surface area contributed by atoms with Crippen LogP contribution >= 0.6 is 11.3 Å². The summed E-state index contributed by atoms with van der Waals surface area (Å²) in [7, 11) is 0. The summed E-state index contributed by atoms with van der Waals surface area (Å²) < 4.78 is 5.04. The molecular formula is C52H34N2S. The van der Waals surface area contributed by atoms with Gasteiger partial charge in [0.25, 0.3) is 0 Å². The first kappa shape index (κ1) is 31.6. The van der Waals surface area contributed by atoms with Crippen LogP contribution in [-0.4, -0.2) is 4.57 Å². The molecule has 3 heteroatoms. The summed E-state index contributed by atoms with van der Waals surface area (Å²) in [6.45, 7) is 0. The van der Waals surface area contributed by atoms with E-state index >= 15 is 0 Å². The molecule has 0 saturated carbocycles. The molecule has 0 N–H and O–H groups in total. The maximum atomic E-state index is 2.38. The van der Waals surface area contributed by atoms with E-state index in [-0.39, 0.29) is 0 Å². The van der Waals surface area contributed by atoms with Crippen LogP contribution in [0.25, 0.3) is 80.7 Å². The van der Waals surface area contributed by atoms with Crippen LogP contribution in [0.15, 0.2) is 206 Å². The van der Waals surface area contributed by atoms with Gasteiger partial charge in [-0.1, -0.05) is 133 Å². The minimum absolute atomic E-state index is 1.11. The second-order valence-electron chi connectivity index (χ2n) is 14.2. The summed E-state index contributed by atoms with van der Waals surface area (Å²) in [6.07, 6.45) is 0. The number of aromatic nitrogens is 1. The number of hydrogen-bond donors (Lipinski definition) is 0. The molecule has 2 heterocycles. The van der Waals surface area contributed by atoms with Gasteiger partial charge in [0.05, 0.1) is 11.0 Å². The first-order valence-corrected chi connectivity index (χ1v) is 19.6. The average Bonchev–Trinajstić information content (AvgIpc) is 3.81. The standard InChI is InChI=1S/C52H34N2S/c1-3-11-35(12-4-1)36-19-25-41(26-20-36)53(43-29-31-44-39(33-43)23-30-47-46-16-8-10-18-51(46)55-52(44)47)42-27-21-37(22-28-42)38-24-32-50-48(34-38)45-15-7-9-17-49(45)54(50)40-13-5-2-6-14-40/h1-34H. The summed E-state index contributed by atoms with van der Waals surface area (Å²) >= 11 is 1.88. The largest absolute Gasteiger partial charge is 0.310 e. The number of anilines is 3. The number of para-hydroxylation sites is 2. The lowest BCUT2D eigenvalue weighted by Crippen LogP contribution is -2.09. The van der Waals surface area contributed by atoms with E-state index in [0.29, 0.717) is 0 Å². The maximum Gasteiger partial charge on any atom is 0.0541 e. The number of thiophene rings is 1. The van der Waals surface area contributed by atoms with Crippen LogP contribution in [-0.2, 0) is 0 Å². The van der Waals surface area contributed by atoms with Crippen molar-refractivity contribution >= 4 is 81.1 Å². The summed E-state index contributed by atoms with van der Waals surface area (Å²) in [5.41, 5.74) is 11.8. The molecule has 0 amide bonds. The molecule has 0 fully saturated rings. The number of nitrogens with zero attached hydrogens (tertiary/aromatic N) is 2. The SMILES string of the molecule is c1ccc(-c2ccc(N(c3ccc(-c4ccc5c(c4)c4ccccc4n5-c4ccccc4)cc3)c3ccc4c(ccc5c6ccccc6sc45)c3)cc2)cc1. The van der Waals surface area contributed by atoms with Crippen LogP contribution < -0.4 is 4.90 Å². The minimum Gasteiger partial charge on any atom is -0.310 e. The van der Waals surface area contributed by atoms with Crippen molar-refractivity contribution in [2.75, 3.05) is 4.90 Å². The van der Waals surface area contributed by atoms with Crippen LogP contribution in [0, 0.1) is 0 Å². The van der Waals surface area contributed by atoms with Gasteiger partial charge >= 0.3 is 0 Å². The van der Waals surface area contributed by atoms with Crippen LogP contribution in [0.1, 0.15) is 0 Å². The van der Waals surface area contributed by atoms with Crippen molar-refractivity contribution in [3.05, 3.63) is 206 Å². The highest BCUT2D eigenvalue weighted by molar-refractivity contribution is 7.26. The lowest BCUT2D eigenvalue weighted by Gasteiger charge is -2.26. The van der Waals surface area contributed by atoms with E-state index in [1.165, 1.54) is 80.7 Å². The van der Waals surface area contributed by atoms with Crippen molar-refractivity contribution < 1.29 is 0 Å². The highest BCUT2D eigenvalue weighted by Gasteiger charge is 2.17. The van der Waals surface area contributed by atoms with Gasteiger partial charge in [-0.3, -0.25) is 0 Å². The zero-order valence-electron chi connectivity index (χ0n) is 29.9. The summed E-state index contributed by atoms with van der Waals surface area (Å²) in [6, 6.07) is 75.1. The molecule has 0 aliphatic carbocycles. The molecular weight excluding hydrogens is 685 g/mol. The molecule has 9 aromatic carbocycles. The van der Waals surface area contributed by atoms with Crippen LogP contribution in [0.4, 0.5) is 17.1 Å². The van der Waals surface area contributed by atoms with Gasteiger partial charge in [0.1, 0.15) is 0 Å². The van der Waals surface area contributed by atoms with Gasteiger partial charge in [0.15, 0.2) is 0 Å². The Kier molecular flexibility index (Phi) is 7.39. The lowest BCUT2D eigenvalue weighted by molar-refractivity contribution is 1.18. The Labute approximate surface area is 323 Å². The summed E-state index contributed by atoms with van der Waals surface area (Å²) in [4.78, 5) is 2.38. The second-order valence-corrected chi connectivity index (χ2v) is 15.2. The predicted molar refractivity (Wildman–Crippen MR) is 237 cm³/mol. The molecule has 0 radical (unpaired) electrons. The van der Waals surface area contributed by atoms with Crippen LogP contribution in [0.2, 0.25) is 0 Å². The minimum atomic E-state index is 1.11. The van der Waals surface area contributed by atoms with E-state index < -0.39 is 0 Å². The number of benzene rings is 9. The summed E-state index contributed by atoms with van der Waals surface area (Å²) in [5, 5.41) is 7.70. The van der Waals surface area contributed by atoms with Crippen molar-refractivity contribution in [3.63, 3.8) is 0 Å². The van der Waals surface area contributed by atoms with E-state index in [2.05, 4.69) is 216 Å². The quantitative estimate of drug-likeness (QED) is 0.166. The molecule has 11 aromatic rings. The average molecular weight is 719 g/mol. The molecule has 2 aromatic heterocycles. The van der Waals surface area contributed by atoms with Crippen molar-refractivity contribution in [2.24, 2.45) is 0 Å². The normalized spacial score (nSPS) is 11.6. The Morgan fingerprint density at radius 3 is 1.67 bits per heavy atom. The molecule has 55 heavy (non-hydrogen) atoms. The van der Waals surface area contributed by atoms with Crippen molar-refractivity contribution in [1.82, 2.24) is 4.57 Å². The third kappa shape index (κ3) is 5.32. The van der Waals surface area contributed by atoms with Gasteiger partial charge < -0.3 is 9.47 Å². The van der Waals surface area contributed by atoms with Gasteiger partial charge in [-0.25, -0.2) is 0 Å². The van der Waals surface area contributed by atoms with E-state index in [4.69, 9.17) is 0 Å². The monoisotopic (exact) mass is 718 g/mol. The van der Waals surface area contributed by atoms with E-state index in [0.717, 1.165) is 17.1 Å². The van der Waals surface area contributed by atoms with Crippen molar-refractivity contribution in [3.8, 4) is 27.9 Å². The molecule has 0 aliphatic rings. The first-order chi connectivity index (χ1) is 27.3. The number of hydrogen-bond acceptors (Lipinski definition) is 2. The Morgan fingerprint density at radius 2 is 0.909 bits per heavy atom. The van der Waals surface area contributed by atoms with Crippen LogP contribution in [0.3, 0.4) is 0 Å². The van der Waals surface area contributed by atoms with Gasteiger partial charge in [0, 0.05) is 53.7 Å². The zero-order valence-corrected chi connectivity index (χ0v) is 30.7. The predicted octanol–water partition coefficient (Wildman–Crippen LogP) is 15.1. The van der Waals surface area contributed by atoms with Gasteiger partial charge in [0.2, 0.25) is 0 Å². The lowest BCUT2D eigenvalue weighted by atomic mass is 10.0. The molecule has 11 rings (SSSR count). The molecule has 0 aliphatic heterocycles. The fraction of sp³-hybridized carbons (Fsp3) is 0. The maximum absolute atomic E-state index is 2.38. The Bertz CT molecular complexity index is 3180. The topological polar surface area (TPSA) is 8.17 Å². The Morgan fingerprint density at radius 1 is 0.345 bits per heavy atom. The molecule has 2 nitrogen and oxygen atoms in total. The molecule has 0 unspecified atom stereocenters. The highest BCUT2D eigenvalue weighted by Crippen LogP contribution is 2.42. The fourth-order valence-corrected chi connectivity index (χ4v) is 9.57. The molecule has 258 valence electrons. The van der Waals surface area contributed by atoms with Gasteiger partial charge in [-0.15, -0.1) is 11.3 Å². The Balaban J connectivity index is 1.01. The number of fused-ring (bicyclic) bond motifs is 8. The first-order valence-electron chi connectivity index (χ1n) is 18.8. The molecule has 0 spiro atoms. The smallest absolute Gasteiger partial charge is 0.0541 e. The van der Waals surface area contributed by atoms with Crippen molar-refractivity contribution in [1.29, 1.82) is 0 Å². The highest BCUT2D eigenvalue weighted by atomic mass is 32.1. The fourth-order valence-electron chi connectivity index (χ4n) is 8.33. The van der Waals surface area contributed by atoms with Gasteiger partial charge in [-0.2, -0.15) is 0 Å². The molecule has 0 bridgehead atoms. The van der Waals surface area contributed by atoms with E-state index in [9.17, 15) is 0 Å². The van der Waals surface area contributed by atoms with E-state index in [1.807, 2.05) is 11.3 Å². The van der Waals surface area contributed by atoms with Gasteiger partial charge in [-0.05, 0) is 106 Å². The van der Waals surface area contributed by atoms with Crippen molar-refractivity contribution in [2.45, 2.75) is 0 Å². The third-order valence-electron chi connectivity index (χ3n) is 11.0. The zero-order chi connectivity index (χ0) is 36.3. The molecule has 0 atom stereocenters.